The van der Waals surface area contributed by atoms with Gasteiger partial charge in [0.25, 0.3) is 0 Å². The molecule has 0 N–H and O–H groups in total. The summed E-state index contributed by atoms with van der Waals surface area (Å²) in [5, 5.41) is 15.3. The molecule has 0 radical (unpaired) electrons. The number of tetrazole rings is 1. The van der Waals surface area contributed by atoms with Gasteiger partial charge in [0.05, 0.1) is 6.04 Å². The van der Waals surface area contributed by atoms with Gasteiger partial charge in [-0.2, -0.15) is 0 Å². The molecule has 3 heterocycles. The number of likely N-dealkylation sites (tertiary alicyclic amines) is 1. The first kappa shape index (κ1) is 18.9. The molecule has 5 nitrogen and oxygen atoms in total. The van der Waals surface area contributed by atoms with Crippen LogP contribution >= 0.6 is 11.3 Å². The lowest BCUT2D eigenvalue weighted by molar-refractivity contribution is 0.144. The number of hydrogen-bond donors (Lipinski definition) is 0. The maximum absolute atomic E-state index is 4.55. The van der Waals surface area contributed by atoms with Crippen molar-refractivity contribution >= 4 is 11.3 Å². The molecule has 1 aromatic carbocycles. The van der Waals surface area contributed by atoms with Gasteiger partial charge in [0, 0.05) is 4.88 Å². The number of rotatable bonds is 6. The zero-order valence-electron chi connectivity index (χ0n) is 16.9. The van der Waals surface area contributed by atoms with Crippen LogP contribution in [-0.4, -0.2) is 38.2 Å². The minimum atomic E-state index is 0.184. The van der Waals surface area contributed by atoms with Crippen molar-refractivity contribution in [1.29, 1.82) is 0 Å². The highest BCUT2D eigenvalue weighted by Gasteiger charge is 2.33. The van der Waals surface area contributed by atoms with E-state index in [2.05, 4.69) is 73.0 Å². The summed E-state index contributed by atoms with van der Waals surface area (Å²) in [6, 6.07) is 16.0. The zero-order chi connectivity index (χ0) is 19.5. The van der Waals surface area contributed by atoms with E-state index in [4.69, 9.17) is 0 Å². The van der Waals surface area contributed by atoms with E-state index < -0.39 is 0 Å². The second-order valence-corrected chi connectivity index (χ2v) is 9.49. The summed E-state index contributed by atoms with van der Waals surface area (Å²) in [5.41, 5.74) is 1.46. The fraction of sp³-hybridized carbons (Fsp3) is 0.522. The first-order chi connectivity index (χ1) is 14.4. The molecule has 0 spiro atoms. The average Bonchev–Trinajstić information content (AvgIpc) is 3.53. The van der Waals surface area contributed by atoms with Gasteiger partial charge in [0.1, 0.15) is 6.04 Å². The number of nitrogens with zero attached hydrogens (tertiary/aromatic N) is 5. The highest BCUT2D eigenvalue weighted by atomic mass is 32.1. The van der Waals surface area contributed by atoms with E-state index in [0.29, 0.717) is 6.04 Å². The van der Waals surface area contributed by atoms with Crippen LogP contribution in [-0.2, 0) is 6.42 Å². The molecule has 152 valence electrons. The van der Waals surface area contributed by atoms with E-state index in [-0.39, 0.29) is 6.04 Å². The van der Waals surface area contributed by atoms with Crippen LogP contribution in [0.2, 0.25) is 0 Å². The predicted octanol–water partition coefficient (Wildman–Crippen LogP) is 4.89. The van der Waals surface area contributed by atoms with Gasteiger partial charge < -0.3 is 0 Å². The lowest BCUT2D eigenvalue weighted by atomic mass is 9.89. The lowest BCUT2D eigenvalue weighted by Gasteiger charge is -2.37. The molecule has 1 aliphatic heterocycles. The Labute approximate surface area is 176 Å². The molecule has 2 aromatic heterocycles. The summed E-state index contributed by atoms with van der Waals surface area (Å²) in [4.78, 5) is 3.98. The zero-order valence-corrected chi connectivity index (χ0v) is 17.7. The van der Waals surface area contributed by atoms with Crippen LogP contribution in [0.25, 0.3) is 0 Å². The molecular weight excluding hydrogens is 378 g/mol. The number of aromatic nitrogens is 4. The number of piperidine rings is 1. The second kappa shape index (κ2) is 8.76. The molecule has 0 amide bonds. The number of benzene rings is 1. The third-order valence-electron chi connectivity index (χ3n) is 6.63. The van der Waals surface area contributed by atoms with Gasteiger partial charge in [-0.05, 0) is 78.5 Å². The summed E-state index contributed by atoms with van der Waals surface area (Å²) in [6.45, 7) is 2.22. The molecule has 1 atom stereocenters. The summed E-state index contributed by atoms with van der Waals surface area (Å²) in [7, 11) is 0. The van der Waals surface area contributed by atoms with Crippen molar-refractivity contribution in [2.24, 2.45) is 5.92 Å². The van der Waals surface area contributed by atoms with Crippen molar-refractivity contribution in [1.82, 2.24) is 25.1 Å². The van der Waals surface area contributed by atoms with Crippen molar-refractivity contribution in [3.8, 4) is 0 Å². The van der Waals surface area contributed by atoms with Gasteiger partial charge in [0.2, 0.25) is 0 Å². The smallest absolute Gasteiger partial charge is 0.174 e. The quantitative estimate of drug-likeness (QED) is 0.583. The molecule has 2 aliphatic rings. The molecule has 3 aromatic rings. The molecule has 2 fully saturated rings. The van der Waals surface area contributed by atoms with Crippen LogP contribution < -0.4 is 0 Å². The van der Waals surface area contributed by atoms with E-state index in [1.165, 1.54) is 55.4 Å². The van der Waals surface area contributed by atoms with Crippen LogP contribution in [0.4, 0.5) is 0 Å². The van der Waals surface area contributed by atoms with E-state index in [9.17, 15) is 0 Å². The number of hydrogen-bond acceptors (Lipinski definition) is 5. The summed E-state index contributed by atoms with van der Waals surface area (Å²) >= 11 is 1.83. The lowest BCUT2D eigenvalue weighted by Crippen LogP contribution is -2.39. The Bertz CT molecular complexity index is 877. The molecule has 5 rings (SSSR count). The third-order valence-corrected chi connectivity index (χ3v) is 7.55. The van der Waals surface area contributed by atoms with E-state index in [1.807, 2.05) is 11.3 Å². The van der Waals surface area contributed by atoms with E-state index in [0.717, 1.165) is 24.8 Å². The second-order valence-electron chi connectivity index (χ2n) is 8.51. The molecule has 1 saturated heterocycles. The monoisotopic (exact) mass is 407 g/mol. The van der Waals surface area contributed by atoms with E-state index >= 15 is 0 Å². The van der Waals surface area contributed by atoms with E-state index in [1.54, 1.807) is 0 Å². The summed E-state index contributed by atoms with van der Waals surface area (Å²) in [6.07, 6.45) is 8.65. The Hall–Kier alpha value is -2.05. The van der Waals surface area contributed by atoms with Gasteiger partial charge in [-0.1, -0.05) is 49.2 Å². The summed E-state index contributed by atoms with van der Waals surface area (Å²) in [5.74, 6) is 1.81. The maximum atomic E-state index is 4.55. The standard InChI is InChI=1S/C23H29N5S/c1-2-7-18(8-3-1)17-19-12-14-27(15-13-19)22(21-11-6-16-29-21)23-24-25-26-28(23)20-9-4-5-10-20/h1-3,6-8,11,16,19-20,22H,4-5,9-10,12-15,17H2/t22-/m1/s1. The van der Waals surface area contributed by atoms with Gasteiger partial charge in [-0.15, -0.1) is 16.4 Å². The fourth-order valence-corrected chi connectivity index (χ4v) is 5.92. The average molecular weight is 408 g/mol. The van der Waals surface area contributed by atoms with Crippen molar-refractivity contribution in [2.45, 2.75) is 57.0 Å². The minimum Gasteiger partial charge on any atom is -0.289 e. The highest BCUT2D eigenvalue weighted by Crippen LogP contribution is 2.37. The largest absolute Gasteiger partial charge is 0.289 e. The van der Waals surface area contributed by atoms with Crippen molar-refractivity contribution in [3.63, 3.8) is 0 Å². The maximum Gasteiger partial charge on any atom is 0.174 e. The van der Waals surface area contributed by atoms with Gasteiger partial charge in [-0.25, -0.2) is 4.68 Å². The van der Waals surface area contributed by atoms with Crippen molar-refractivity contribution in [3.05, 3.63) is 64.1 Å². The van der Waals surface area contributed by atoms with Gasteiger partial charge in [-0.3, -0.25) is 4.90 Å². The fourth-order valence-electron chi connectivity index (χ4n) is 5.07. The Kier molecular flexibility index (Phi) is 5.72. The predicted molar refractivity (Wildman–Crippen MR) is 116 cm³/mol. The Morgan fingerprint density at radius 1 is 0.966 bits per heavy atom. The number of thiophene rings is 1. The summed E-state index contributed by atoms with van der Waals surface area (Å²) < 4.78 is 2.15. The molecule has 29 heavy (non-hydrogen) atoms. The molecule has 1 aliphatic carbocycles. The Balaban J connectivity index is 1.34. The topological polar surface area (TPSA) is 46.8 Å². The molecular formula is C23H29N5S. The molecule has 1 saturated carbocycles. The van der Waals surface area contributed by atoms with Gasteiger partial charge in [0.15, 0.2) is 5.82 Å². The van der Waals surface area contributed by atoms with Crippen LogP contribution in [0, 0.1) is 5.92 Å². The van der Waals surface area contributed by atoms with Crippen molar-refractivity contribution < 1.29 is 0 Å². The third kappa shape index (κ3) is 4.14. The first-order valence-corrected chi connectivity index (χ1v) is 11.9. The minimum absolute atomic E-state index is 0.184. The van der Waals surface area contributed by atoms with Crippen LogP contribution in [0.3, 0.4) is 0 Å². The van der Waals surface area contributed by atoms with Crippen LogP contribution in [0.1, 0.15) is 66.9 Å². The first-order valence-electron chi connectivity index (χ1n) is 11.0. The van der Waals surface area contributed by atoms with Crippen molar-refractivity contribution in [2.75, 3.05) is 13.1 Å². The normalized spacial score (nSPS) is 20.3. The van der Waals surface area contributed by atoms with Gasteiger partial charge >= 0.3 is 0 Å². The Morgan fingerprint density at radius 2 is 1.76 bits per heavy atom. The Morgan fingerprint density at radius 3 is 2.48 bits per heavy atom. The SMILES string of the molecule is c1ccc(CC2CCN([C@H](c3cccs3)c3nnnn3C3CCCC3)CC2)cc1. The molecule has 0 unspecified atom stereocenters. The van der Waals surface area contributed by atoms with Crippen LogP contribution in [0.5, 0.6) is 0 Å². The molecule has 6 heteroatoms. The molecule has 0 bridgehead atoms. The van der Waals surface area contributed by atoms with Crippen LogP contribution in [0.15, 0.2) is 47.8 Å². The highest BCUT2D eigenvalue weighted by molar-refractivity contribution is 7.10.